The lowest BCUT2D eigenvalue weighted by Crippen LogP contribution is -2.31. The summed E-state index contributed by atoms with van der Waals surface area (Å²) in [6.45, 7) is 3.28. The molecule has 0 unspecified atom stereocenters. The molecule has 0 saturated carbocycles. The minimum Gasteiger partial charge on any atom is -0.484 e. The van der Waals surface area contributed by atoms with Crippen LogP contribution in [-0.2, 0) is 4.79 Å². The van der Waals surface area contributed by atoms with Crippen molar-refractivity contribution in [1.29, 1.82) is 0 Å². The normalized spacial score (nSPS) is 10.3. The van der Waals surface area contributed by atoms with Crippen LogP contribution < -0.4 is 15.4 Å². The van der Waals surface area contributed by atoms with Crippen molar-refractivity contribution in [1.82, 2.24) is 10.6 Å². The summed E-state index contributed by atoms with van der Waals surface area (Å²) < 4.78 is 45.1. The van der Waals surface area contributed by atoms with Crippen LogP contribution in [0.4, 0.5) is 13.2 Å². The number of hydrogen-bond acceptors (Lipinski definition) is 3. The van der Waals surface area contributed by atoms with Crippen LogP contribution in [0.25, 0.3) is 0 Å². The van der Waals surface area contributed by atoms with Gasteiger partial charge in [0.05, 0.1) is 10.6 Å². The highest BCUT2D eigenvalue weighted by Crippen LogP contribution is 2.20. The summed E-state index contributed by atoms with van der Waals surface area (Å²) >= 11 is 5.55. The van der Waals surface area contributed by atoms with Crippen molar-refractivity contribution in [2.45, 2.75) is 6.42 Å². The van der Waals surface area contributed by atoms with Crippen LogP contribution in [0.5, 0.6) is 5.75 Å². The summed E-state index contributed by atoms with van der Waals surface area (Å²) in [7, 11) is 0. The van der Waals surface area contributed by atoms with Gasteiger partial charge in [0, 0.05) is 24.7 Å². The van der Waals surface area contributed by atoms with Gasteiger partial charge in [0.15, 0.2) is 18.2 Å². The molecule has 2 rings (SSSR count). The van der Waals surface area contributed by atoms with Gasteiger partial charge in [-0.25, -0.2) is 13.2 Å². The van der Waals surface area contributed by atoms with Gasteiger partial charge >= 0.3 is 0 Å². The third kappa shape index (κ3) is 6.02. The standard InChI is InChI=1S/C19H16ClF3N2O3/c1-11(7-8-24-19(27)13-3-2-4-15(21)18(13)23)25-17(26)10-28-12-5-6-14(20)16(22)9-12/h2-6,9H,1,7-8,10H2,(H,24,27)(H,25,26). The Hall–Kier alpha value is -3.00. The molecule has 2 aromatic carbocycles. The molecule has 0 heterocycles. The van der Waals surface area contributed by atoms with Crippen molar-refractivity contribution in [3.8, 4) is 5.75 Å². The van der Waals surface area contributed by atoms with Gasteiger partial charge in [0.1, 0.15) is 11.6 Å². The van der Waals surface area contributed by atoms with E-state index in [1.165, 1.54) is 18.2 Å². The lowest BCUT2D eigenvalue weighted by atomic mass is 10.2. The van der Waals surface area contributed by atoms with Gasteiger partial charge in [0.2, 0.25) is 0 Å². The molecule has 148 valence electrons. The summed E-state index contributed by atoms with van der Waals surface area (Å²) in [5.74, 6) is -4.22. The number of carbonyl (C=O) groups excluding carboxylic acids is 2. The second-order valence-corrected chi connectivity index (χ2v) is 6.03. The number of nitrogens with one attached hydrogen (secondary N) is 2. The minimum absolute atomic E-state index is 0.0388. The molecule has 0 bridgehead atoms. The van der Waals surface area contributed by atoms with Gasteiger partial charge in [-0.2, -0.15) is 0 Å². The van der Waals surface area contributed by atoms with Gasteiger partial charge < -0.3 is 15.4 Å². The Bertz CT molecular complexity index is 906. The van der Waals surface area contributed by atoms with Crippen molar-refractivity contribution in [2.24, 2.45) is 0 Å². The van der Waals surface area contributed by atoms with E-state index in [1.54, 1.807) is 0 Å². The van der Waals surface area contributed by atoms with Crippen LogP contribution in [0.3, 0.4) is 0 Å². The number of amides is 2. The van der Waals surface area contributed by atoms with E-state index >= 15 is 0 Å². The fourth-order valence-electron chi connectivity index (χ4n) is 2.11. The van der Waals surface area contributed by atoms with E-state index in [9.17, 15) is 22.8 Å². The molecule has 0 spiro atoms. The highest BCUT2D eigenvalue weighted by atomic mass is 35.5. The monoisotopic (exact) mass is 412 g/mol. The Morgan fingerprint density at radius 2 is 1.86 bits per heavy atom. The lowest BCUT2D eigenvalue weighted by molar-refractivity contribution is -0.122. The summed E-state index contributed by atoms with van der Waals surface area (Å²) in [6, 6.07) is 7.04. The first-order valence-electron chi connectivity index (χ1n) is 8.05. The van der Waals surface area contributed by atoms with Crippen LogP contribution in [0, 0.1) is 17.5 Å². The molecular formula is C19H16ClF3N2O3. The summed E-state index contributed by atoms with van der Waals surface area (Å²) in [5, 5.41) is 4.78. The zero-order valence-corrected chi connectivity index (χ0v) is 15.3. The average molecular weight is 413 g/mol. The van der Waals surface area contributed by atoms with Crippen LogP contribution in [-0.4, -0.2) is 25.0 Å². The zero-order chi connectivity index (χ0) is 20.7. The molecule has 0 aliphatic rings. The molecule has 2 aromatic rings. The molecular weight excluding hydrogens is 397 g/mol. The van der Waals surface area contributed by atoms with Crippen molar-refractivity contribution in [3.05, 3.63) is 76.7 Å². The Morgan fingerprint density at radius 3 is 2.57 bits per heavy atom. The summed E-state index contributed by atoms with van der Waals surface area (Å²) in [4.78, 5) is 23.6. The van der Waals surface area contributed by atoms with Crippen molar-refractivity contribution >= 4 is 23.4 Å². The summed E-state index contributed by atoms with van der Waals surface area (Å²) in [6.07, 6.45) is 0.157. The molecule has 0 aliphatic carbocycles. The molecule has 5 nitrogen and oxygen atoms in total. The molecule has 0 saturated heterocycles. The predicted molar refractivity (Wildman–Crippen MR) is 97.5 cm³/mol. The van der Waals surface area contributed by atoms with Crippen LogP contribution in [0.1, 0.15) is 16.8 Å². The van der Waals surface area contributed by atoms with Crippen LogP contribution in [0.15, 0.2) is 48.7 Å². The van der Waals surface area contributed by atoms with E-state index in [0.717, 1.165) is 18.2 Å². The van der Waals surface area contributed by atoms with E-state index in [2.05, 4.69) is 17.2 Å². The molecule has 0 aromatic heterocycles. The first kappa shape index (κ1) is 21.3. The third-order valence-electron chi connectivity index (χ3n) is 3.49. The molecule has 0 fully saturated rings. The molecule has 9 heteroatoms. The van der Waals surface area contributed by atoms with E-state index in [-0.39, 0.29) is 36.0 Å². The topological polar surface area (TPSA) is 67.4 Å². The minimum atomic E-state index is -1.23. The van der Waals surface area contributed by atoms with Gasteiger partial charge in [-0.05, 0) is 24.3 Å². The zero-order valence-electron chi connectivity index (χ0n) is 14.5. The Balaban J connectivity index is 1.73. The highest BCUT2D eigenvalue weighted by molar-refractivity contribution is 6.30. The first-order chi connectivity index (χ1) is 13.3. The highest BCUT2D eigenvalue weighted by Gasteiger charge is 2.14. The van der Waals surface area contributed by atoms with Crippen molar-refractivity contribution < 1.29 is 27.5 Å². The van der Waals surface area contributed by atoms with Gasteiger partial charge in [-0.1, -0.05) is 24.2 Å². The second-order valence-electron chi connectivity index (χ2n) is 5.62. The Labute approximate surface area is 164 Å². The largest absolute Gasteiger partial charge is 0.484 e. The van der Waals surface area contributed by atoms with Crippen LogP contribution in [0.2, 0.25) is 5.02 Å². The second kappa shape index (κ2) is 9.80. The van der Waals surface area contributed by atoms with E-state index in [0.29, 0.717) is 0 Å². The van der Waals surface area contributed by atoms with Crippen molar-refractivity contribution in [3.63, 3.8) is 0 Å². The number of carbonyl (C=O) groups is 2. The molecule has 2 N–H and O–H groups in total. The van der Waals surface area contributed by atoms with E-state index in [1.807, 2.05) is 0 Å². The van der Waals surface area contributed by atoms with Gasteiger partial charge in [-0.15, -0.1) is 0 Å². The van der Waals surface area contributed by atoms with Crippen LogP contribution >= 0.6 is 11.6 Å². The Morgan fingerprint density at radius 1 is 1.11 bits per heavy atom. The maximum atomic E-state index is 13.5. The average Bonchev–Trinajstić information content (AvgIpc) is 2.64. The first-order valence-corrected chi connectivity index (χ1v) is 8.43. The number of halogens is 4. The quantitative estimate of drug-likeness (QED) is 0.696. The predicted octanol–water partition coefficient (Wildman–Crippen LogP) is 3.59. The molecule has 0 aliphatic heterocycles. The Kier molecular flexibility index (Phi) is 7.45. The SMILES string of the molecule is C=C(CCNC(=O)c1cccc(F)c1F)NC(=O)COc1ccc(Cl)c(F)c1. The lowest BCUT2D eigenvalue weighted by Gasteiger charge is -2.11. The number of ether oxygens (including phenoxy) is 1. The molecule has 2 amide bonds. The molecule has 0 atom stereocenters. The fourth-order valence-corrected chi connectivity index (χ4v) is 2.23. The van der Waals surface area contributed by atoms with Gasteiger partial charge in [0.25, 0.3) is 11.8 Å². The van der Waals surface area contributed by atoms with Crippen molar-refractivity contribution in [2.75, 3.05) is 13.2 Å². The third-order valence-corrected chi connectivity index (χ3v) is 3.79. The van der Waals surface area contributed by atoms with E-state index in [4.69, 9.17) is 16.3 Å². The molecule has 0 radical (unpaired) electrons. The molecule has 28 heavy (non-hydrogen) atoms. The fraction of sp³-hybridized carbons (Fsp3) is 0.158. The smallest absolute Gasteiger partial charge is 0.262 e. The number of benzene rings is 2. The number of hydrogen-bond donors (Lipinski definition) is 2. The summed E-state index contributed by atoms with van der Waals surface area (Å²) in [5.41, 5.74) is -0.144. The maximum Gasteiger partial charge on any atom is 0.262 e. The van der Waals surface area contributed by atoms with Gasteiger partial charge in [-0.3, -0.25) is 9.59 Å². The number of rotatable bonds is 8. The van der Waals surface area contributed by atoms with E-state index < -0.39 is 34.8 Å². The maximum absolute atomic E-state index is 13.5.